The summed E-state index contributed by atoms with van der Waals surface area (Å²) < 4.78 is 5.43. The number of rotatable bonds is 4. The number of hydrogen-bond donors (Lipinski definition) is 1. The van der Waals surface area contributed by atoms with Crippen molar-refractivity contribution < 1.29 is 4.74 Å². The molecule has 1 aromatic rings. The van der Waals surface area contributed by atoms with Gasteiger partial charge in [-0.05, 0) is 18.8 Å². The van der Waals surface area contributed by atoms with Gasteiger partial charge in [0, 0.05) is 45.3 Å². The van der Waals surface area contributed by atoms with Crippen LogP contribution in [0.4, 0.5) is 11.6 Å². The molecule has 2 heterocycles. The maximum Gasteiger partial charge on any atom is 0.138 e. The van der Waals surface area contributed by atoms with E-state index in [0.29, 0.717) is 5.92 Å². The Morgan fingerprint density at radius 2 is 1.95 bits per heavy atom. The molecular formula is C16H28N4O. The monoisotopic (exact) mass is 292 g/mol. The van der Waals surface area contributed by atoms with Gasteiger partial charge in [-0.1, -0.05) is 20.8 Å². The van der Waals surface area contributed by atoms with Gasteiger partial charge in [-0.2, -0.15) is 0 Å². The Labute approximate surface area is 128 Å². The molecule has 1 saturated heterocycles. The van der Waals surface area contributed by atoms with E-state index in [1.54, 1.807) is 0 Å². The van der Waals surface area contributed by atoms with Gasteiger partial charge in [0.05, 0.1) is 0 Å². The van der Waals surface area contributed by atoms with Gasteiger partial charge >= 0.3 is 0 Å². The number of aromatic nitrogens is 2. The van der Waals surface area contributed by atoms with Crippen molar-refractivity contribution in [1.82, 2.24) is 9.97 Å². The number of ether oxygens (including phenoxy) is 1. The van der Waals surface area contributed by atoms with Crippen molar-refractivity contribution in [1.29, 1.82) is 0 Å². The number of nitrogens with zero attached hydrogens (tertiary/aromatic N) is 3. The second-order valence-corrected chi connectivity index (χ2v) is 6.87. The van der Waals surface area contributed by atoms with Crippen molar-refractivity contribution in [3.05, 3.63) is 11.9 Å². The molecule has 5 nitrogen and oxygen atoms in total. The Balaban J connectivity index is 2.17. The zero-order chi connectivity index (χ0) is 15.5. The van der Waals surface area contributed by atoms with Crippen molar-refractivity contribution in [2.75, 3.05) is 44.1 Å². The molecule has 21 heavy (non-hydrogen) atoms. The van der Waals surface area contributed by atoms with Crippen molar-refractivity contribution in [2.24, 2.45) is 5.92 Å². The molecule has 1 fully saturated rings. The molecule has 0 spiro atoms. The Kier molecular flexibility index (Phi) is 5.04. The van der Waals surface area contributed by atoms with Crippen molar-refractivity contribution in [3.63, 3.8) is 0 Å². The maximum absolute atomic E-state index is 5.43. The lowest BCUT2D eigenvalue weighted by Gasteiger charge is -2.29. The summed E-state index contributed by atoms with van der Waals surface area (Å²) in [6.07, 6.45) is 2.28. The molecule has 1 aliphatic heterocycles. The second kappa shape index (κ2) is 6.60. The van der Waals surface area contributed by atoms with E-state index in [1.165, 1.54) is 0 Å². The lowest BCUT2D eigenvalue weighted by Crippen LogP contribution is -2.31. The molecule has 1 aromatic heterocycles. The molecule has 1 aliphatic rings. The van der Waals surface area contributed by atoms with Crippen LogP contribution in [-0.2, 0) is 10.2 Å². The molecule has 0 radical (unpaired) electrons. The summed E-state index contributed by atoms with van der Waals surface area (Å²) in [5.74, 6) is 3.44. The zero-order valence-corrected chi connectivity index (χ0v) is 13.9. The van der Waals surface area contributed by atoms with Gasteiger partial charge in [0.2, 0.25) is 0 Å². The standard InChI is InChI=1S/C16H28N4O/c1-16(2,3)15-18-13(17-4)10-14(19-15)20(5)11-12-6-8-21-9-7-12/h10,12H,6-9,11H2,1-5H3,(H,17,18,19). The van der Waals surface area contributed by atoms with Gasteiger partial charge in [0.15, 0.2) is 0 Å². The van der Waals surface area contributed by atoms with Crippen LogP contribution in [0.5, 0.6) is 0 Å². The highest BCUT2D eigenvalue weighted by molar-refractivity contribution is 5.49. The Morgan fingerprint density at radius 1 is 1.29 bits per heavy atom. The third kappa shape index (κ3) is 4.30. The van der Waals surface area contributed by atoms with E-state index < -0.39 is 0 Å². The van der Waals surface area contributed by atoms with Gasteiger partial charge in [-0.3, -0.25) is 0 Å². The molecule has 1 N–H and O–H groups in total. The van der Waals surface area contributed by atoms with Crippen LogP contribution in [0.15, 0.2) is 6.07 Å². The zero-order valence-electron chi connectivity index (χ0n) is 13.9. The lowest BCUT2D eigenvalue weighted by atomic mass is 9.95. The molecule has 0 aliphatic carbocycles. The van der Waals surface area contributed by atoms with E-state index in [2.05, 4.69) is 43.0 Å². The van der Waals surface area contributed by atoms with Crippen LogP contribution in [0.1, 0.15) is 39.4 Å². The molecule has 0 amide bonds. The van der Waals surface area contributed by atoms with E-state index in [1.807, 2.05) is 13.1 Å². The summed E-state index contributed by atoms with van der Waals surface area (Å²) in [5.41, 5.74) is -0.0544. The normalized spacial score (nSPS) is 16.8. The van der Waals surface area contributed by atoms with E-state index >= 15 is 0 Å². The fourth-order valence-electron chi connectivity index (χ4n) is 2.50. The number of nitrogens with one attached hydrogen (secondary N) is 1. The summed E-state index contributed by atoms with van der Waals surface area (Å²) in [5, 5.41) is 3.14. The predicted molar refractivity (Wildman–Crippen MR) is 87.1 cm³/mol. The molecule has 5 heteroatoms. The fourth-order valence-corrected chi connectivity index (χ4v) is 2.50. The summed E-state index contributed by atoms with van der Waals surface area (Å²) in [7, 11) is 4.01. The van der Waals surface area contributed by atoms with E-state index in [9.17, 15) is 0 Å². The molecule has 118 valence electrons. The Bertz CT molecular complexity index is 464. The van der Waals surface area contributed by atoms with E-state index in [-0.39, 0.29) is 5.41 Å². The smallest absolute Gasteiger partial charge is 0.138 e. The van der Waals surface area contributed by atoms with Gasteiger partial charge < -0.3 is 15.0 Å². The van der Waals surface area contributed by atoms with Gasteiger partial charge in [0.1, 0.15) is 17.5 Å². The first-order valence-electron chi connectivity index (χ1n) is 7.76. The molecule has 0 atom stereocenters. The topological polar surface area (TPSA) is 50.3 Å². The van der Waals surface area contributed by atoms with Gasteiger partial charge in [-0.25, -0.2) is 9.97 Å². The quantitative estimate of drug-likeness (QED) is 0.924. The molecule has 0 unspecified atom stereocenters. The highest BCUT2D eigenvalue weighted by atomic mass is 16.5. The first-order chi connectivity index (χ1) is 9.90. The van der Waals surface area contributed by atoms with Crippen LogP contribution >= 0.6 is 0 Å². The summed E-state index contributed by atoms with van der Waals surface area (Å²) in [4.78, 5) is 11.6. The minimum absolute atomic E-state index is 0.0544. The third-order valence-electron chi connectivity index (χ3n) is 3.90. The molecule has 2 rings (SSSR count). The van der Waals surface area contributed by atoms with Crippen molar-refractivity contribution in [3.8, 4) is 0 Å². The minimum atomic E-state index is -0.0544. The molecule has 0 aromatic carbocycles. The Hall–Kier alpha value is -1.36. The van der Waals surface area contributed by atoms with Crippen LogP contribution in [0.2, 0.25) is 0 Å². The van der Waals surface area contributed by atoms with Crippen LogP contribution in [-0.4, -0.2) is 43.8 Å². The van der Waals surface area contributed by atoms with Gasteiger partial charge in [0.25, 0.3) is 0 Å². The molecular weight excluding hydrogens is 264 g/mol. The lowest BCUT2D eigenvalue weighted by molar-refractivity contribution is 0.0685. The van der Waals surface area contributed by atoms with Crippen LogP contribution in [0.3, 0.4) is 0 Å². The largest absolute Gasteiger partial charge is 0.381 e. The van der Waals surface area contributed by atoms with E-state index in [4.69, 9.17) is 9.72 Å². The second-order valence-electron chi connectivity index (χ2n) is 6.87. The predicted octanol–water partition coefficient (Wildman–Crippen LogP) is 2.68. The summed E-state index contributed by atoms with van der Waals surface area (Å²) >= 11 is 0. The maximum atomic E-state index is 5.43. The van der Waals surface area contributed by atoms with E-state index in [0.717, 1.165) is 50.1 Å². The SMILES string of the molecule is CNc1cc(N(C)CC2CCOCC2)nc(C(C)(C)C)n1. The highest BCUT2D eigenvalue weighted by Crippen LogP contribution is 2.25. The average molecular weight is 292 g/mol. The van der Waals surface area contributed by atoms with Gasteiger partial charge in [-0.15, -0.1) is 0 Å². The first-order valence-corrected chi connectivity index (χ1v) is 7.76. The minimum Gasteiger partial charge on any atom is -0.381 e. The average Bonchev–Trinajstić information content (AvgIpc) is 2.46. The number of hydrogen-bond acceptors (Lipinski definition) is 5. The molecule has 0 bridgehead atoms. The van der Waals surface area contributed by atoms with Crippen LogP contribution in [0, 0.1) is 5.92 Å². The molecule has 0 saturated carbocycles. The van der Waals surface area contributed by atoms with Crippen LogP contribution in [0.25, 0.3) is 0 Å². The summed E-state index contributed by atoms with van der Waals surface area (Å²) in [6, 6.07) is 2.02. The summed E-state index contributed by atoms with van der Waals surface area (Å²) in [6.45, 7) is 9.22. The fraction of sp³-hybridized carbons (Fsp3) is 0.750. The van der Waals surface area contributed by atoms with Crippen molar-refractivity contribution in [2.45, 2.75) is 39.0 Å². The Morgan fingerprint density at radius 3 is 2.52 bits per heavy atom. The van der Waals surface area contributed by atoms with Crippen molar-refractivity contribution >= 4 is 11.6 Å². The first kappa shape index (κ1) is 16.0. The number of anilines is 2. The third-order valence-corrected chi connectivity index (χ3v) is 3.90. The van der Waals surface area contributed by atoms with Crippen LogP contribution < -0.4 is 10.2 Å². The highest BCUT2D eigenvalue weighted by Gasteiger charge is 2.21.